The van der Waals surface area contributed by atoms with Crippen LogP contribution >= 0.6 is 0 Å². The van der Waals surface area contributed by atoms with E-state index in [0.29, 0.717) is 25.7 Å². The zero-order valence-electron chi connectivity index (χ0n) is 10.0. The van der Waals surface area contributed by atoms with E-state index in [4.69, 9.17) is 14.2 Å². The molecule has 0 spiro atoms. The summed E-state index contributed by atoms with van der Waals surface area (Å²) in [5.74, 6) is -0.373. The Kier molecular flexibility index (Phi) is 3.06. The average Bonchev–Trinajstić information content (AvgIpc) is 2.73. The predicted molar refractivity (Wildman–Crippen MR) is 57.4 cm³/mol. The predicted octanol–water partition coefficient (Wildman–Crippen LogP) is 2.55. The summed E-state index contributed by atoms with van der Waals surface area (Å²) in [5, 5.41) is 0. The molecule has 0 bridgehead atoms. The van der Waals surface area contributed by atoms with Crippen molar-refractivity contribution >= 4 is 0 Å². The van der Waals surface area contributed by atoms with E-state index in [-0.39, 0.29) is 5.41 Å². The first-order valence-corrected chi connectivity index (χ1v) is 6.02. The maximum absolute atomic E-state index is 5.77. The van der Waals surface area contributed by atoms with Crippen LogP contribution in [0.1, 0.15) is 40.0 Å². The minimum absolute atomic E-state index is 0.263. The third-order valence-corrected chi connectivity index (χ3v) is 3.72. The highest BCUT2D eigenvalue weighted by molar-refractivity contribution is 4.91. The van der Waals surface area contributed by atoms with Crippen LogP contribution in [0.15, 0.2) is 0 Å². The van der Waals surface area contributed by atoms with Gasteiger partial charge in [0.15, 0.2) is 0 Å². The van der Waals surface area contributed by atoms with Crippen molar-refractivity contribution in [3.05, 3.63) is 0 Å². The lowest BCUT2D eigenvalue weighted by atomic mass is 9.80. The van der Waals surface area contributed by atoms with Crippen LogP contribution in [0.25, 0.3) is 0 Å². The molecule has 88 valence electrons. The van der Waals surface area contributed by atoms with Crippen LogP contribution in [-0.2, 0) is 14.2 Å². The molecule has 0 N–H and O–H groups in total. The van der Waals surface area contributed by atoms with Gasteiger partial charge in [0, 0.05) is 12.5 Å². The Morgan fingerprint density at radius 1 is 1.27 bits per heavy atom. The standard InChI is InChI=1S/C12H22O3/c1-4-13-12(14-8-9-15-12)10-6-5-7-11(10,2)3/h10H,4-9H2,1-3H3. The van der Waals surface area contributed by atoms with Crippen molar-refractivity contribution in [3.63, 3.8) is 0 Å². The van der Waals surface area contributed by atoms with Gasteiger partial charge in [-0.05, 0) is 25.2 Å². The summed E-state index contributed by atoms with van der Waals surface area (Å²) in [4.78, 5) is 0. The van der Waals surface area contributed by atoms with Gasteiger partial charge >= 0.3 is 0 Å². The average molecular weight is 214 g/mol. The van der Waals surface area contributed by atoms with Crippen LogP contribution < -0.4 is 0 Å². The maximum Gasteiger partial charge on any atom is 0.286 e. The number of ether oxygens (including phenoxy) is 3. The molecule has 2 fully saturated rings. The molecule has 1 atom stereocenters. The smallest absolute Gasteiger partial charge is 0.286 e. The zero-order valence-corrected chi connectivity index (χ0v) is 10.0. The summed E-state index contributed by atoms with van der Waals surface area (Å²) in [7, 11) is 0. The van der Waals surface area contributed by atoms with E-state index in [0.717, 1.165) is 6.42 Å². The van der Waals surface area contributed by atoms with Crippen molar-refractivity contribution < 1.29 is 14.2 Å². The van der Waals surface area contributed by atoms with Crippen LogP contribution in [0.4, 0.5) is 0 Å². The first-order chi connectivity index (χ1) is 7.11. The molecule has 0 aromatic heterocycles. The third-order valence-electron chi connectivity index (χ3n) is 3.72. The van der Waals surface area contributed by atoms with Gasteiger partial charge in [-0.2, -0.15) is 0 Å². The maximum atomic E-state index is 5.77. The fraction of sp³-hybridized carbons (Fsp3) is 1.00. The summed E-state index contributed by atoms with van der Waals surface area (Å²) in [6, 6.07) is 0. The second-order valence-electron chi connectivity index (χ2n) is 5.17. The van der Waals surface area contributed by atoms with Gasteiger partial charge in [0.1, 0.15) is 0 Å². The van der Waals surface area contributed by atoms with Crippen molar-refractivity contribution in [2.24, 2.45) is 11.3 Å². The van der Waals surface area contributed by atoms with Crippen LogP contribution in [-0.4, -0.2) is 25.8 Å². The molecule has 0 radical (unpaired) electrons. The highest BCUT2D eigenvalue weighted by atomic mass is 16.9. The summed E-state index contributed by atoms with van der Waals surface area (Å²) in [5.41, 5.74) is 0.263. The number of rotatable bonds is 3. The summed E-state index contributed by atoms with van der Waals surface area (Å²) in [6.07, 6.45) is 3.63. The molecule has 1 saturated carbocycles. The Morgan fingerprint density at radius 2 is 1.93 bits per heavy atom. The minimum Gasteiger partial charge on any atom is -0.328 e. The molecule has 0 amide bonds. The van der Waals surface area contributed by atoms with Crippen molar-refractivity contribution in [1.82, 2.24) is 0 Å². The largest absolute Gasteiger partial charge is 0.328 e. The molecule has 3 heteroatoms. The second-order valence-corrected chi connectivity index (χ2v) is 5.17. The van der Waals surface area contributed by atoms with Crippen LogP contribution in [0.5, 0.6) is 0 Å². The Hall–Kier alpha value is -0.120. The SMILES string of the molecule is CCOC1(C2CCCC2(C)C)OCCO1. The Morgan fingerprint density at radius 3 is 2.40 bits per heavy atom. The molecule has 3 nitrogen and oxygen atoms in total. The lowest BCUT2D eigenvalue weighted by Crippen LogP contribution is -2.46. The molecule has 1 saturated heterocycles. The first-order valence-electron chi connectivity index (χ1n) is 6.02. The van der Waals surface area contributed by atoms with Gasteiger partial charge in [0.25, 0.3) is 5.97 Å². The molecule has 1 heterocycles. The summed E-state index contributed by atoms with van der Waals surface area (Å²) in [6.45, 7) is 8.54. The fourth-order valence-corrected chi connectivity index (χ4v) is 2.98. The van der Waals surface area contributed by atoms with E-state index >= 15 is 0 Å². The van der Waals surface area contributed by atoms with Crippen LogP contribution in [0, 0.1) is 11.3 Å². The number of hydrogen-bond acceptors (Lipinski definition) is 3. The molecule has 1 unspecified atom stereocenters. The molecular formula is C12H22O3. The number of hydrogen-bond donors (Lipinski definition) is 0. The Labute approximate surface area is 92.1 Å². The van der Waals surface area contributed by atoms with E-state index in [9.17, 15) is 0 Å². The highest BCUT2D eigenvalue weighted by Crippen LogP contribution is 2.51. The molecule has 0 aromatic carbocycles. The fourth-order valence-electron chi connectivity index (χ4n) is 2.98. The monoisotopic (exact) mass is 214 g/mol. The van der Waals surface area contributed by atoms with Gasteiger partial charge in [-0.1, -0.05) is 20.3 Å². The van der Waals surface area contributed by atoms with E-state index in [1.807, 2.05) is 6.92 Å². The van der Waals surface area contributed by atoms with Gasteiger partial charge in [-0.25, -0.2) is 0 Å². The first kappa shape index (κ1) is 11.4. The Bertz CT molecular complexity index is 219. The third kappa shape index (κ3) is 1.93. The molecule has 0 aromatic rings. The van der Waals surface area contributed by atoms with Crippen molar-refractivity contribution in [3.8, 4) is 0 Å². The molecule has 1 aliphatic carbocycles. The molecule has 15 heavy (non-hydrogen) atoms. The van der Waals surface area contributed by atoms with Gasteiger partial charge in [-0.3, -0.25) is 0 Å². The Balaban J connectivity index is 2.17. The quantitative estimate of drug-likeness (QED) is 0.722. The molecular weight excluding hydrogens is 192 g/mol. The van der Waals surface area contributed by atoms with Crippen LogP contribution in [0.3, 0.4) is 0 Å². The van der Waals surface area contributed by atoms with Crippen molar-refractivity contribution in [1.29, 1.82) is 0 Å². The van der Waals surface area contributed by atoms with Gasteiger partial charge in [0.2, 0.25) is 0 Å². The molecule has 1 aliphatic heterocycles. The molecule has 2 aliphatic rings. The lowest BCUT2D eigenvalue weighted by Gasteiger charge is -2.39. The zero-order chi connectivity index (χ0) is 10.9. The minimum atomic E-state index is -0.741. The van der Waals surface area contributed by atoms with Gasteiger partial charge in [0.05, 0.1) is 13.2 Å². The summed E-state index contributed by atoms with van der Waals surface area (Å²) < 4.78 is 17.3. The summed E-state index contributed by atoms with van der Waals surface area (Å²) >= 11 is 0. The van der Waals surface area contributed by atoms with E-state index in [1.165, 1.54) is 12.8 Å². The van der Waals surface area contributed by atoms with Crippen molar-refractivity contribution in [2.75, 3.05) is 19.8 Å². The van der Waals surface area contributed by atoms with Gasteiger partial charge in [-0.15, -0.1) is 0 Å². The topological polar surface area (TPSA) is 27.7 Å². The van der Waals surface area contributed by atoms with Crippen molar-refractivity contribution in [2.45, 2.75) is 46.0 Å². The normalized spacial score (nSPS) is 33.4. The van der Waals surface area contributed by atoms with Crippen LogP contribution in [0.2, 0.25) is 0 Å². The van der Waals surface area contributed by atoms with Gasteiger partial charge < -0.3 is 14.2 Å². The van der Waals surface area contributed by atoms with E-state index in [1.54, 1.807) is 0 Å². The molecule has 2 rings (SSSR count). The van der Waals surface area contributed by atoms with E-state index in [2.05, 4.69) is 13.8 Å². The highest BCUT2D eigenvalue weighted by Gasteiger charge is 2.54. The second kappa shape index (κ2) is 4.04. The lowest BCUT2D eigenvalue weighted by molar-refractivity contribution is -0.367. The van der Waals surface area contributed by atoms with E-state index < -0.39 is 5.97 Å².